The van der Waals surface area contributed by atoms with E-state index in [-0.39, 0.29) is 18.0 Å². The van der Waals surface area contributed by atoms with E-state index < -0.39 is 5.82 Å². The number of nitrogens with one attached hydrogen (secondary N) is 1. The second kappa shape index (κ2) is 9.14. The van der Waals surface area contributed by atoms with Crippen LogP contribution in [0.2, 0.25) is 0 Å². The average molecular weight is 449 g/mol. The number of halogens is 2. The molecule has 0 saturated heterocycles. The lowest BCUT2D eigenvalue weighted by molar-refractivity contribution is 0.0949. The highest BCUT2D eigenvalue weighted by Gasteiger charge is 2.15. The van der Waals surface area contributed by atoms with Crippen LogP contribution in [0.15, 0.2) is 58.2 Å². The van der Waals surface area contributed by atoms with Crippen LogP contribution >= 0.6 is 27.7 Å². The molecule has 0 atom stereocenters. The molecule has 140 valence electrons. The predicted octanol–water partition coefficient (Wildman–Crippen LogP) is 4.60. The van der Waals surface area contributed by atoms with Crippen molar-refractivity contribution in [2.24, 2.45) is 0 Å². The van der Waals surface area contributed by atoms with Crippen molar-refractivity contribution in [3.8, 4) is 5.69 Å². The molecule has 0 saturated carbocycles. The van der Waals surface area contributed by atoms with Gasteiger partial charge in [0.15, 0.2) is 11.0 Å². The summed E-state index contributed by atoms with van der Waals surface area (Å²) in [5, 5.41) is 12.1. The maximum atomic E-state index is 13.3. The van der Waals surface area contributed by atoms with Gasteiger partial charge >= 0.3 is 0 Å². The maximum absolute atomic E-state index is 13.3. The first-order valence-electron chi connectivity index (χ1n) is 8.45. The maximum Gasteiger partial charge on any atom is 0.251 e. The second-order valence-electron chi connectivity index (χ2n) is 5.75. The molecule has 2 aromatic carbocycles. The van der Waals surface area contributed by atoms with Crippen LogP contribution < -0.4 is 5.32 Å². The van der Waals surface area contributed by atoms with Crippen molar-refractivity contribution in [3.05, 3.63) is 70.2 Å². The Balaban J connectivity index is 1.83. The van der Waals surface area contributed by atoms with Crippen LogP contribution in [0.25, 0.3) is 5.69 Å². The number of thioether (sulfide) groups is 1. The smallest absolute Gasteiger partial charge is 0.251 e. The van der Waals surface area contributed by atoms with Crippen molar-refractivity contribution in [3.63, 3.8) is 0 Å². The Morgan fingerprint density at radius 3 is 2.70 bits per heavy atom. The number of rotatable bonds is 7. The molecule has 0 unspecified atom stereocenters. The summed E-state index contributed by atoms with van der Waals surface area (Å²) in [6.45, 7) is 2.29. The number of hydrogen-bond acceptors (Lipinski definition) is 4. The topological polar surface area (TPSA) is 59.8 Å². The quantitative estimate of drug-likeness (QED) is 0.536. The molecule has 8 heteroatoms. The SMILES string of the molecule is CCCSc1nnc(CNC(=O)c2cccc(F)c2)n1-c1ccc(Br)cc1. The summed E-state index contributed by atoms with van der Waals surface area (Å²) in [6.07, 6.45) is 1.02. The molecule has 0 spiro atoms. The van der Waals surface area contributed by atoms with Gasteiger partial charge in [0.2, 0.25) is 0 Å². The van der Waals surface area contributed by atoms with Gasteiger partial charge in [-0.05, 0) is 48.9 Å². The van der Waals surface area contributed by atoms with E-state index >= 15 is 0 Å². The van der Waals surface area contributed by atoms with Crippen LogP contribution in [0.4, 0.5) is 4.39 Å². The highest BCUT2D eigenvalue weighted by molar-refractivity contribution is 9.10. The van der Waals surface area contributed by atoms with Crippen LogP contribution in [0.3, 0.4) is 0 Å². The zero-order valence-electron chi connectivity index (χ0n) is 14.7. The first-order valence-corrected chi connectivity index (χ1v) is 10.2. The minimum absolute atomic E-state index is 0.186. The standard InChI is InChI=1S/C19H18BrFN4OS/c1-2-10-27-19-24-23-17(25(19)16-8-6-14(20)7-9-16)12-22-18(26)13-4-3-5-15(21)11-13/h3-9,11H,2,10,12H2,1H3,(H,22,26). The second-order valence-corrected chi connectivity index (χ2v) is 7.73. The van der Waals surface area contributed by atoms with Crippen molar-refractivity contribution in [2.75, 3.05) is 5.75 Å². The lowest BCUT2D eigenvalue weighted by Gasteiger charge is -2.11. The van der Waals surface area contributed by atoms with E-state index in [1.54, 1.807) is 17.8 Å². The van der Waals surface area contributed by atoms with E-state index in [1.165, 1.54) is 18.2 Å². The van der Waals surface area contributed by atoms with Gasteiger partial charge < -0.3 is 5.32 Å². The molecule has 0 fully saturated rings. The van der Waals surface area contributed by atoms with Crippen molar-refractivity contribution in [2.45, 2.75) is 25.0 Å². The van der Waals surface area contributed by atoms with Crippen molar-refractivity contribution in [1.82, 2.24) is 20.1 Å². The first-order chi connectivity index (χ1) is 13.1. The van der Waals surface area contributed by atoms with Crippen LogP contribution in [-0.4, -0.2) is 26.4 Å². The van der Waals surface area contributed by atoms with Gasteiger partial charge in [0.05, 0.1) is 6.54 Å². The van der Waals surface area contributed by atoms with Gasteiger partial charge in [0, 0.05) is 21.5 Å². The molecule has 0 aliphatic carbocycles. The highest BCUT2D eigenvalue weighted by Crippen LogP contribution is 2.24. The lowest BCUT2D eigenvalue weighted by atomic mass is 10.2. The van der Waals surface area contributed by atoms with E-state index in [2.05, 4.69) is 38.4 Å². The van der Waals surface area contributed by atoms with Crippen molar-refractivity contribution >= 4 is 33.6 Å². The Labute approximate surface area is 169 Å². The molecular weight excluding hydrogens is 431 g/mol. The number of hydrogen-bond donors (Lipinski definition) is 1. The molecule has 1 heterocycles. The number of carbonyl (C=O) groups excluding carboxylic acids is 1. The highest BCUT2D eigenvalue weighted by atomic mass is 79.9. The fourth-order valence-electron chi connectivity index (χ4n) is 2.44. The molecule has 0 aliphatic rings. The molecule has 1 amide bonds. The lowest BCUT2D eigenvalue weighted by Crippen LogP contribution is -2.24. The Bertz CT molecular complexity index is 930. The summed E-state index contributed by atoms with van der Waals surface area (Å²) in [7, 11) is 0. The molecule has 1 N–H and O–H groups in total. The Kier molecular flexibility index (Phi) is 6.63. The summed E-state index contributed by atoms with van der Waals surface area (Å²) in [5.41, 5.74) is 1.18. The van der Waals surface area contributed by atoms with Crippen LogP contribution in [0, 0.1) is 5.82 Å². The third kappa shape index (κ3) is 4.95. The average Bonchev–Trinajstić information content (AvgIpc) is 3.08. The Morgan fingerprint density at radius 2 is 2.00 bits per heavy atom. The third-order valence-electron chi connectivity index (χ3n) is 3.71. The molecule has 3 aromatic rings. The van der Waals surface area contributed by atoms with Crippen molar-refractivity contribution < 1.29 is 9.18 Å². The van der Waals surface area contributed by atoms with E-state index in [0.29, 0.717) is 5.82 Å². The van der Waals surface area contributed by atoms with Crippen molar-refractivity contribution in [1.29, 1.82) is 0 Å². The molecule has 27 heavy (non-hydrogen) atoms. The van der Waals surface area contributed by atoms with Crippen LogP contribution in [0.1, 0.15) is 29.5 Å². The summed E-state index contributed by atoms with van der Waals surface area (Å²) in [4.78, 5) is 12.3. The molecule has 0 radical (unpaired) electrons. The monoisotopic (exact) mass is 448 g/mol. The minimum atomic E-state index is -0.445. The van der Waals surface area contributed by atoms with E-state index in [0.717, 1.165) is 27.5 Å². The van der Waals surface area contributed by atoms with E-state index in [4.69, 9.17) is 0 Å². The number of carbonyl (C=O) groups is 1. The molecule has 3 rings (SSSR count). The molecule has 1 aromatic heterocycles. The molecule has 0 bridgehead atoms. The first kappa shape index (κ1) is 19.6. The van der Waals surface area contributed by atoms with Gasteiger partial charge in [-0.3, -0.25) is 9.36 Å². The molecule has 5 nitrogen and oxygen atoms in total. The number of benzene rings is 2. The molecule has 0 aliphatic heterocycles. The van der Waals surface area contributed by atoms with Gasteiger partial charge in [0.25, 0.3) is 5.91 Å². The zero-order chi connectivity index (χ0) is 19.2. The Morgan fingerprint density at radius 1 is 1.22 bits per heavy atom. The number of aromatic nitrogens is 3. The van der Waals surface area contributed by atoms with Gasteiger partial charge in [-0.2, -0.15) is 0 Å². The third-order valence-corrected chi connectivity index (χ3v) is 5.38. The molecular formula is C19H18BrFN4OS. The Hall–Kier alpha value is -2.19. The predicted molar refractivity (Wildman–Crippen MR) is 108 cm³/mol. The fourth-order valence-corrected chi connectivity index (χ4v) is 3.53. The fraction of sp³-hybridized carbons (Fsp3) is 0.211. The number of nitrogens with zero attached hydrogens (tertiary/aromatic N) is 3. The van der Waals surface area contributed by atoms with E-state index in [1.807, 2.05) is 28.8 Å². The largest absolute Gasteiger partial charge is 0.345 e. The van der Waals surface area contributed by atoms with Crippen LogP contribution in [0.5, 0.6) is 0 Å². The summed E-state index contributed by atoms with van der Waals surface area (Å²) in [5.74, 6) is 0.729. The zero-order valence-corrected chi connectivity index (χ0v) is 17.1. The van der Waals surface area contributed by atoms with Crippen LogP contribution in [-0.2, 0) is 6.54 Å². The normalized spacial score (nSPS) is 10.8. The summed E-state index contributed by atoms with van der Waals surface area (Å²) in [6, 6.07) is 13.4. The number of amides is 1. The van der Waals surface area contributed by atoms with Gasteiger partial charge in [-0.1, -0.05) is 40.7 Å². The van der Waals surface area contributed by atoms with Gasteiger partial charge in [-0.15, -0.1) is 10.2 Å². The minimum Gasteiger partial charge on any atom is -0.345 e. The summed E-state index contributed by atoms with van der Waals surface area (Å²) < 4.78 is 16.2. The van der Waals surface area contributed by atoms with Gasteiger partial charge in [-0.25, -0.2) is 4.39 Å². The van der Waals surface area contributed by atoms with Gasteiger partial charge in [0.1, 0.15) is 5.82 Å². The van der Waals surface area contributed by atoms with E-state index in [9.17, 15) is 9.18 Å². The summed E-state index contributed by atoms with van der Waals surface area (Å²) >= 11 is 5.05.